The fourth-order valence-corrected chi connectivity index (χ4v) is 0.938. The van der Waals surface area contributed by atoms with Gasteiger partial charge in [-0.25, -0.2) is 5.06 Å². The number of halogens is 1. The van der Waals surface area contributed by atoms with Crippen LogP contribution < -0.4 is 0 Å². The summed E-state index contributed by atoms with van der Waals surface area (Å²) >= 11 is 3.29. The third-order valence-electron chi connectivity index (χ3n) is 1.02. The molecule has 4 heteroatoms. The van der Waals surface area contributed by atoms with Crippen LogP contribution >= 0.6 is 15.9 Å². The van der Waals surface area contributed by atoms with Crippen LogP contribution in [0.5, 0.6) is 0 Å². The van der Waals surface area contributed by atoms with Crippen LogP contribution in [0, 0.1) is 0 Å². The molecule has 0 saturated carbocycles. The maximum atomic E-state index is 10.5. The van der Waals surface area contributed by atoms with E-state index in [-0.39, 0.29) is 5.60 Å². The normalized spacial score (nSPS) is 11.3. The number of hydrogen-bond donors (Lipinski definition) is 0. The third-order valence-corrected chi connectivity index (χ3v) is 1.58. The zero-order valence-electron chi connectivity index (χ0n) is 7.84. The van der Waals surface area contributed by atoms with Gasteiger partial charge in [0.25, 0.3) is 0 Å². The number of amides is 1. The molecule has 0 bridgehead atoms. The lowest BCUT2D eigenvalue weighted by atomic mass is 10.2. The van der Waals surface area contributed by atoms with Crippen LogP contribution in [0.1, 0.15) is 27.2 Å². The standard InChI is InChI=1S/C8H16BrNO2/c1-8(2,3)12-10(7-11)6-4-5-9/h7H,4-6H2,1-3H3. The summed E-state index contributed by atoms with van der Waals surface area (Å²) < 4.78 is 0. The van der Waals surface area contributed by atoms with Crippen LogP contribution in [0.4, 0.5) is 0 Å². The zero-order chi connectivity index (χ0) is 9.61. The second-order valence-electron chi connectivity index (χ2n) is 3.49. The van der Waals surface area contributed by atoms with Gasteiger partial charge in [-0.3, -0.25) is 9.63 Å². The Morgan fingerprint density at radius 2 is 2.08 bits per heavy atom. The number of rotatable bonds is 5. The summed E-state index contributed by atoms with van der Waals surface area (Å²) in [5, 5.41) is 2.21. The maximum Gasteiger partial charge on any atom is 0.233 e. The Balaban J connectivity index is 3.75. The second kappa shape index (κ2) is 5.54. The minimum atomic E-state index is -0.298. The predicted octanol–water partition coefficient (Wildman–Crippen LogP) is 1.96. The van der Waals surface area contributed by atoms with Crippen LogP contribution in [0.2, 0.25) is 0 Å². The number of carbonyl (C=O) groups is 1. The fourth-order valence-electron chi connectivity index (χ4n) is 0.687. The average Bonchev–Trinajstić information content (AvgIpc) is 1.95. The van der Waals surface area contributed by atoms with Crippen LogP contribution in [-0.4, -0.2) is 28.9 Å². The minimum absolute atomic E-state index is 0.298. The van der Waals surface area contributed by atoms with E-state index < -0.39 is 0 Å². The smallest absolute Gasteiger partial charge is 0.233 e. The molecule has 0 atom stereocenters. The Hall–Kier alpha value is -0.0900. The highest BCUT2D eigenvalue weighted by Crippen LogP contribution is 2.09. The molecule has 0 spiro atoms. The molecule has 0 radical (unpaired) electrons. The maximum absolute atomic E-state index is 10.5. The highest BCUT2D eigenvalue weighted by molar-refractivity contribution is 9.09. The largest absolute Gasteiger partial charge is 0.276 e. The van der Waals surface area contributed by atoms with Crippen molar-refractivity contribution in [2.75, 3.05) is 11.9 Å². The summed E-state index contributed by atoms with van der Waals surface area (Å²) in [5.74, 6) is 0. The van der Waals surface area contributed by atoms with Gasteiger partial charge in [-0.1, -0.05) is 15.9 Å². The van der Waals surface area contributed by atoms with E-state index in [4.69, 9.17) is 4.84 Å². The van der Waals surface area contributed by atoms with Gasteiger partial charge in [0, 0.05) is 11.9 Å². The molecule has 0 aromatic heterocycles. The van der Waals surface area contributed by atoms with E-state index in [9.17, 15) is 4.79 Å². The van der Waals surface area contributed by atoms with E-state index in [1.165, 1.54) is 5.06 Å². The molecule has 12 heavy (non-hydrogen) atoms. The summed E-state index contributed by atoms with van der Waals surface area (Å²) in [6.07, 6.45) is 1.61. The van der Waals surface area contributed by atoms with Crippen molar-refractivity contribution in [1.82, 2.24) is 5.06 Å². The van der Waals surface area contributed by atoms with Gasteiger partial charge in [-0.2, -0.15) is 0 Å². The van der Waals surface area contributed by atoms with Gasteiger partial charge >= 0.3 is 0 Å². The van der Waals surface area contributed by atoms with E-state index in [0.717, 1.165) is 11.8 Å². The van der Waals surface area contributed by atoms with E-state index >= 15 is 0 Å². The molecule has 1 amide bonds. The zero-order valence-corrected chi connectivity index (χ0v) is 9.43. The summed E-state index contributed by atoms with van der Waals surface area (Å²) in [7, 11) is 0. The molecule has 0 fully saturated rings. The van der Waals surface area contributed by atoms with Crippen LogP contribution in [0.15, 0.2) is 0 Å². The number of hydroxylamine groups is 2. The fraction of sp³-hybridized carbons (Fsp3) is 0.875. The van der Waals surface area contributed by atoms with Gasteiger partial charge in [0.1, 0.15) is 0 Å². The van der Waals surface area contributed by atoms with Gasteiger partial charge in [-0.05, 0) is 27.2 Å². The molecule has 0 heterocycles. The number of carbonyl (C=O) groups excluding carboxylic acids is 1. The Morgan fingerprint density at radius 1 is 1.50 bits per heavy atom. The first-order valence-electron chi connectivity index (χ1n) is 3.96. The van der Waals surface area contributed by atoms with Gasteiger partial charge < -0.3 is 0 Å². The van der Waals surface area contributed by atoms with E-state index in [0.29, 0.717) is 13.0 Å². The third kappa shape index (κ3) is 6.61. The molecular formula is C8H16BrNO2. The van der Waals surface area contributed by atoms with Crippen molar-refractivity contribution in [3.05, 3.63) is 0 Å². The first-order valence-corrected chi connectivity index (χ1v) is 5.09. The minimum Gasteiger partial charge on any atom is -0.276 e. The van der Waals surface area contributed by atoms with Crippen molar-refractivity contribution in [2.24, 2.45) is 0 Å². The van der Waals surface area contributed by atoms with Crippen molar-refractivity contribution in [3.8, 4) is 0 Å². The highest BCUT2D eigenvalue weighted by atomic mass is 79.9. The van der Waals surface area contributed by atoms with Crippen molar-refractivity contribution in [3.63, 3.8) is 0 Å². The number of alkyl halides is 1. The van der Waals surface area contributed by atoms with E-state index in [1.54, 1.807) is 0 Å². The van der Waals surface area contributed by atoms with Crippen molar-refractivity contribution < 1.29 is 9.63 Å². The molecule has 0 N–H and O–H groups in total. The molecule has 0 aromatic carbocycles. The SMILES string of the molecule is CC(C)(C)ON(C=O)CCCBr. The lowest BCUT2D eigenvalue weighted by molar-refractivity contribution is -0.215. The Bertz CT molecular complexity index is 134. The molecule has 0 saturated heterocycles. The Morgan fingerprint density at radius 3 is 2.42 bits per heavy atom. The monoisotopic (exact) mass is 237 g/mol. The van der Waals surface area contributed by atoms with E-state index in [1.807, 2.05) is 20.8 Å². The van der Waals surface area contributed by atoms with Crippen LogP contribution in [0.3, 0.4) is 0 Å². The molecule has 0 aliphatic rings. The van der Waals surface area contributed by atoms with Gasteiger partial charge in [0.05, 0.1) is 5.60 Å². The molecule has 0 aliphatic heterocycles. The first-order chi connectivity index (χ1) is 5.49. The summed E-state index contributed by atoms with van der Waals surface area (Å²) in [6.45, 7) is 6.37. The number of hydrogen-bond acceptors (Lipinski definition) is 2. The number of nitrogens with zero attached hydrogens (tertiary/aromatic N) is 1. The Kier molecular flexibility index (Phi) is 5.50. The topological polar surface area (TPSA) is 29.5 Å². The van der Waals surface area contributed by atoms with Crippen LogP contribution in [0.25, 0.3) is 0 Å². The summed E-state index contributed by atoms with van der Waals surface area (Å²) in [4.78, 5) is 15.8. The lowest BCUT2D eigenvalue weighted by Crippen LogP contribution is -2.33. The van der Waals surface area contributed by atoms with E-state index in [2.05, 4.69) is 15.9 Å². The second-order valence-corrected chi connectivity index (χ2v) is 4.29. The van der Waals surface area contributed by atoms with Gasteiger partial charge in [0.2, 0.25) is 6.41 Å². The Labute approximate surface area is 82.2 Å². The molecule has 72 valence electrons. The van der Waals surface area contributed by atoms with Crippen molar-refractivity contribution >= 4 is 22.3 Å². The highest BCUT2D eigenvalue weighted by Gasteiger charge is 2.15. The van der Waals surface area contributed by atoms with Gasteiger partial charge in [-0.15, -0.1) is 0 Å². The quantitative estimate of drug-likeness (QED) is 0.416. The lowest BCUT2D eigenvalue weighted by Gasteiger charge is -2.26. The molecule has 0 aliphatic carbocycles. The van der Waals surface area contributed by atoms with Gasteiger partial charge in [0.15, 0.2) is 0 Å². The van der Waals surface area contributed by atoms with Crippen molar-refractivity contribution in [2.45, 2.75) is 32.8 Å². The summed E-state index contributed by atoms with van der Waals surface area (Å²) in [5.41, 5.74) is -0.298. The molecule has 0 aromatic rings. The average molecular weight is 238 g/mol. The molecule has 0 unspecified atom stereocenters. The summed E-state index contributed by atoms with van der Waals surface area (Å²) in [6, 6.07) is 0. The molecular weight excluding hydrogens is 222 g/mol. The predicted molar refractivity (Wildman–Crippen MR) is 52.0 cm³/mol. The molecule has 0 rings (SSSR count). The first kappa shape index (κ1) is 11.9. The molecule has 3 nitrogen and oxygen atoms in total. The van der Waals surface area contributed by atoms with Crippen LogP contribution in [-0.2, 0) is 9.63 Å². The van der Waals surface area contributed by atoms with Crippen molar-refractivity contribution in [1.29, 1.82) is 0 Å².